The highest BCUT2D eigenvalue weighted by Crippen LogP contribution is 2.09. The zero-order valence-electron chi connectivity index (χ0n) is 10.3. The van der Waals surface area contributed by atoms with Gasteiger partial charge < -0.3 is 10.7 Å². The Bertz CT molecular complexity index is 418. The van der Waals surface area contributed by atoms with Gasteiger partial charge in [-0.05, 0) is 23.9 Å². The summed E-state index contributed by atoms with van der Waals surface area (Å²) in [6, 6.07) is 10.3. The monoisotopic (exact) mass is 232 g/mol. The fraction of sp³-hybridized carbons (Fsp3) is 0.357. The first-order chi connectivity index (χ1) is 8.24. The van der Waals surface area contributed by atoms with Gasteiger partial charge in [-0.1, -0.05) is 38.0 Å². The van der Waals surface area contributed by atoms with Gasteiger partial charge in [-0.15, -0.1) is 0 Å². The van der Waals surface area contributed by atoms with Gasteiger partial charge in [-0.3, -0.25) is 4.79 Å². The van der Waals surface area contributed by atoms with Crippen molar-refractivity contribution < 1.29 is 4.79 Å². The molecule has 0 aliphatic rings. The molecule has 0 spiro atoms. The third kappa shape index (κ3) is 5.20. The zero-order valence-corrected chi connectivity index (χ0v) is 10.3. The van der Waals surface area contributed by atoms with Crippen LogP contribution >= 0.6 is 0 Å². The molecular weight excluding hydrogens is 212 g/mol. The second-order valence-electron chi connectivity index (χ2n) is 3.99. The molecule has 0 aliphatic heterocycles. The Labute approximate surface area is 102 Å². The van der Waals surface area contributed by atoms with Crippen molar-refractivity contribution in [3.8, 4) is 0 Å². The highest BCUT2D eigenvalue weighted by molar-refractivity contribution is 5.78. The first kappa shape index (κ1) is 13.3. The zero-order chi connectivity index (χ0) is 12.5. The van der Waals surface area contributed by atoms with E-state index in [-0.39, 0.29) is 5.91 Å². The van der Waals surface area contributed by atoms with Crippen molar-refractivity contribution in [2.75, 3.05) is 0 Å². The van der Waals surface area contributed by atoms with E-state index in [2.05, 4.69) is 30.1 Å². The predicted octanol–water partition coefficient (Wildman–Crippen LogP) is 3.22. The maximum atomic E-state index is 10.1. The minimum Gasteiger partial charge on any atom is -0.370 e. The van der Waals surface area contributed by atoms with E-state index in [4.69, 9.17) is 5.73 Å². The molecule has 0 saturated carbocycles. The Morgan fingerprint density at radius 1 is 1.24 bits per heavy atom. The van der Waals surface area contributed by atoms with Gasteiger partial charge in [0.25, 0.3) is 0 Å². The fourth-order valence-corrected chi connectivity index (χ4v) is 1.54. The van der Waals surface area contributed by atoms with Gasteiger partial charge in [0.2, 0.25) is 5.91 Å². The number of amides is 1. The van der Waals surface area contributed by atoms with E-state index < -0.39 is 0 Å². The van der Waals surface area contributed by atoms with E-state index in [1.54, 1.807) is 0 Å². The normalized spacial score (nSPS) is 9.71. The number of carbonyl (C=O) groups excluding carboxylic acids is 1. The SMILES string of the molecule is CCCCCC(N)=O.c1ccc2[nH]ccc2c1. The van der Waals surface area contributed by atoms with Crippen LogP contribution in [0.2, 0.25) is 0 Å². The highest BCUT2D eigenvalue weighted by atomic mass is 16.1. The molecule has 0 unspecified atom stereocenters. The Morgan fingerprint density at radius 2 is 2.00 bits per heavy atom. The van der Waals surface area contributed by atoms with Gasteiger partial charge in [0, 0.05) is 18.1 Å². The summed E-state index contributed by atoms with van der Waals surface area (Å²) >= 11 is 0. The number of benzene rings is 1. The molecule has 0 radical (unpaired) electrons. The largest absolute Gasteiger partial charge is 0.370 e. The number of hydrogen-bond donors (Lipinski definition) is 2. The predicted molar refractivity (Wildman–Crippen MR) is 71.6 cm³/mol. The molecule has 2 aromatic rings. The number of aromatic amines is 1. The third-order valence-electron chi connectivity index (χ3n) is 2.49. The molecule has 0 atom stereocenters. The standard InChI is InChI=1S/C8H7N.C6H13NO/c1-2-4-8-7(3-1)5-6-9-8;1-2-3-4-5-6(7)8/h1-6,9H;2-5H2,1H3,(H2,7,8). The summed E-state index contributed by atoms with van der Waals surface area (Å²) in [5, 5.41) is 1.28. The van der Waals surface area contributed by atoms with Crippen LogP contribution in [-0.2, 0) is 4.79 Å². The Kier molecular flexibility index (Phi) is 5.86. The molecule has 1 aromatic carbocycles. The van der Waals surface area contributed by atoms with Gasteiger partial charge >= 0.3 is 0 Å². The molecule has 3 N–H and O–H groups in total. The van der Waals surface area contributed by atoms with Gasteiger partial charge in [-0.2, -0.15) is 0 Å². The minimum absolute atomic E-state index is 0.182. The average molecular weight is 232 g/mol. The van der Waals surface area contributed by atoms with Crippen molar-refractivity contribution in [3.63, 3.8) is 0 Å². The quantitative estimate of drug-likeness (QED) is 0.781. The van der Waals surface area contributed by atoms with E-state index in [1.165, 1.54) is 10.9 Å². The number of para-hydroxylation sites is 1. The summed E-state index contributed by atoms with van der Waals surface area (Å²) in [6.45, 7) is 2.10. The number of carbonyl (C=O) groups is 1. The van der Waals surface area contributed by atoms with Gasteiger partial charge in [-0.25, -0.2) is 0 Å². The molecule has 2 rings (SSSR count). The molecule has 0 saturated heterocycles. The lowest BCUT2D eigenvalue weighted by Gasteiger charge is -1.90. The fourth-order valence-electron chi connectivity index (χ4n) is 1.54. The lowest BCUT2D eigenvalue weighted by Crippen LogP contribution is -2.09. The smallest absolute Gasteiger partial charge is 0.217 e. The van der Waals surface area contributed by atoms with Crippen LogP contribution in [0.1, 0.15) is 32.6 Å². The van der Waals surface area contributed by atoms with Crippen molar-refractivity contribution in [3.05, 3.63) is 36.5 Å². The second kappa shape index (κ2) is 7.49. The van der Waals surface area contributed by atoms with Gasteiger partial charge in [0.15, 0.2) is 0 Å². The Balaban J connectivity index is 0.000000172. The number of primary amides is 1. The number of unbranched alkanes of at least 4 members (excludes halogenated alkanes) is 2. The Hall–Kier alpha value is -1.77. The van der Waals surface area contributed by atoms with Crippen LogP contribution in [0.4, 0.5) is 0 Å². The molecule has 17 heavy (non-hydrogen) atoms. The van der Waals surface area contributed by atoms with Crippen LogP contribution in [-0.4, -0.2) is 10.9 Å². The minimum atomic E-state index is -0.182. The first-order valence-electron chi connectivity index (χ1n) is 6.04. The molecule has 1 aromatic heterocycles. The van der Waals surface area contributed by atoms with Crippen LogP contribution in [0, 0.1) is 0 Å². The second-order valence-corrected chi connectivity index (χ2v) is 3.99. The van der Waals surface area contributed by atoms with Crippen molar-refractivity contribution >= 4 is 16.8 Å². The number of nitrogens with two attached hydrogens (primary N) is 1. The van der Waals surface area contributed by atoms with Crippen molar-refractivity contribution in [1.29, 1.82) is 0 Å². The van der Waals surface area contributed by atoms with Crippen molar-refractivity contribution in [2.24, 2.45) is 5.73 Å². The van der Waals surface area contributed by atoms with E-state index in [9.17, 15) is 4.79 Å². The number of H-pyrrole nitrogens is 1. The van der Waals surface area contributed by atoms with Crippen LogP contribution in [0.15, 0.2) is 36.5 Å². The van der Waals surface area contributed by atoms with Crippen molar-refractivity contribution in [2.45, 2.75) is 32.6 Å². The van der Waals surface area contributed by atoms with E-state index in [0.29, 0.717) is 6.42 Å². The molecule has 1 heterocycles. The van der Waals surface area contributed by atoms with E-state index in [0.717, 1.165) is 19.3 Å². The van der Waals surface area contributed by atoms with E-state index >= 15 is 0 Å². The number of aromatic nitrogens is 1. The summed E-state index contributed by atoms with van der Waals surface area (Å²) in [7, 11) is 0. The summed E-state index contributed by atoms with van der Waals surface area (Å²) in [5.41, 5.74) is 6.10. The lowest BCUT2D eigenvalue weighted by atomic mass is 10.2. The molecule has 0 fully saturated rings. The maximum absolute atomic E-state index is 10.1. The van der Waals surface area contributed by atoms with Crippen LogP contribution in [0.3, 0.4) is 0 Å². The number of rotatable bonds is 4. The lowest BCUT2D eigenvalue weighted by molar-refractivity contribution is -0.118. The first-order valence-corrected chi connectivity index (χ1v) is 6.04. The molecule has 1 amide bonds. The van der Waals surface area contributed by atoms with Gasteiger partial charge in [0.1, 0.15) is 0 Å². The molecule has 92 valence electrons. The van der Waals surface area contributed by atoms with Crippen molar-refractivity contribution in [1.82, 2.24) is 4.98 Å². The molecule has 0 bridgehead atoms. The van der Waals surface area contributed by atoms with E-state index in [1.807, 2.05) is 18.3 Å². The highest BCUT2D eigenvalue weighted by Gasteiger charge is 1.90. The number of nitrogens with one attached hydrogen (secondary N) is 1. The summed E-state index contributed by atoms with van der Waals surface area (Å²) in [5.74, 6) is -0.182. The summed E-state index contributed by atoms with van der Waals surface area (Å²) in [6.07, 6.45) is 5.71. The topological polar surface area (TPSA) is 58.9 Å². The molecular formula is C14H20N2O. The van der Waals surface area contributed by atoms with Crippen LogP contribution < -0.4 is 5.73 Å². The molecule has 0 aliphatic carbocycles. The number of fused-ring (bicyclic) bond motifs is 1. The molecule has 3 heteroatoms. The maximum Gasteiger partial charge on any atom is 0.217 e. The molecule has 3 nitrogen and oxygen atoms in total. The third-order valence-corrected chi connectivity index (χ3v) is 2.49. The summed E-state index contributed by atoms with van der Waals surface area (Å²) < 4.78 is 0. The number of hydrogen-bond acceptors (Lipinski definition) is 1. The average Bonchev–Trinajstić information content (AvgIpc) is 2.78. The summed E-state index contributed by atoms with van der Waals surface area (Å²) in [4.78, 5) is 13.2. The van der Waals surface area contributed by atoms with Crippen LogP contribution in [0.5, 0.6) is 0 Å². The van der Waals surface area contributed by atoms with Crippen LogP contribution in [0.25, 0.3) is 10.9 Å². The Morgan fingerprint density at radius 3 is 2.65 bits per heavy atom. The van der Waals surface area contributed by atoms with Gasteiger partial charge in [0.05, 0.1) is 0 Å².